The van der Waals surface area contributed by atoms with E-state index >= 15 is 0 Å². The lowest BCUT2D eigenvalue weighted by atomic mass is 10.1. The van der Waals surface area contributed by atoms with Crippen molar-refractivity contribution in [3.05, 3.63) is 35.6 Å². The van der Waals surface area contributed by atoms with Crippen LogP contribution < -0.4 is 5.32 Å². The Morgan fingerprint density at radius 2 is 2.23 bits per heavy atom. The summed E-state index contributed by atoms with van der Waals surface area (Å²) in [6, 6.07) is 6.58. The average Bonchev–Trinajstić information content (AvgIpc) is 2.94. The zero-order valence-electron chi connectivity index (χ0n) is 13.3. The predicted molar refractivity (Wildman–Crippen MR) is 83.9 cm³/mol. The fourth-order valence-electron chi connectivity index (χ4n) is 2.74. The molecule has 122 valence electrons. The summed E-state index contributed by atoms with van der Waals surface area (Å²) in [4.78, 5) is 14.3. The van der Waals surface area contributed by atoms with Crippen molar-refractivity contribution in [2.75, 3.05) is 19.7 Å². The standard InChI is InChI=1S/C17H25FN2O2/c1-13(2)22-11-9-19-17(21)16-8-5-10-20(16)12-14-6-3-4-7-15(14)18/h3-4,6-7,13,16H,5,8-12H2,1-2H3,(H,19,21). The summed E-state index contributed by atoms with van der Waals surface area (Å²) in [5.41, 5.74) is 0.644. The van der Waals surface area contributed by atoms with Gasteiger partial charge in [0.25, 0.3) is 0 Å². The molecular weight excluding hydrogens is 283 g/mol. The highest BCUT2D eigenvalue weighted by molar-refractivity contribution is 5.82. The van der Waals surface area contributed by atoms with E-state index in [1.54, 1.807) is 12.1 Å². The van der Waals surface area contributed by atoms with E-state index in [9.17, 15) is 9.18 Å². The Morgan fingerprint density at radius 3 is 2.95 bits per heavy atom. The maximum Gasteiger partial charge on any atom is 0.237 e. The van der Waals surface area contributed by atoms with Crippen LogP contribution in [-0.4, -0.2) is 42.6 Å². The highest BCUT2D eigenvalue weighted by Gasteiger charge is 2.30. The lowest BCUT2D eigenvalue weighted by Gasteiger charge is -2.24. The topological polar surface area (TPSA) is 41.6 Å². The van der Waals surface area contributed by atoms with Gasteiger partial charge in [0.15, 0.2) is 0 Å². The maximum atomic E-state index is 13.8. The van der Waals surface area contributed by atoms with E-state index in [0.717, 1.165) is 19.4 Å². The van der Waals surface area contributed by atoms with Crippen LogP contribution in [0.4, 0.5) is 4.39 Å². The van der Waals surface area contributed by atoms with Crippen LogP contribution in [0.1, 0.15) is 32.3 Å². The number of likely N-dealkylation sites (tertiary alicyclic amines) is 1. The molecule has 1 N–H and O–H groups in total. The van der Waals surface area contributed by atoms with Crippen molar-refractivity contribution in [2.45, 2.75) is 45.4 Å². The van der Waals surface area contributed by atoms with Gasteiger partial charge in [0.2, 0.25) is 5.91 Å². The summed E-state index contributed by atoms with van der Waals surface area (Å²) in [7, 11) is 0. The molecule has 1 atom stereocenters. The molecule has 1 fully saturated rings. The molecule has 2 rings (SSSR count). The molecule has 1 aliphatic rings. The largest absolute Gasteiger partial charge is 0.377 e. The molecule has 1 aromatic rings. The van der Waals surface area contributed by atoms with Crippen LogP contribution >= 0.6 is 0 Å². The smallest absolute Gasteiger partial charge is 0.237 e. The third-order valence-electron chi connectivity index (χ3n) is 3.85. The van der Waals surface area contributed by atoms with Crippen LogP contribution in [0, 0.1) is 5.82 Å². The second-order valence-electron chi connectivity index (χ2n) is 5.93. The fourth-order valence-corrected chi connectivity index (χ4v) is 2.74. The quantitative estimate of drug-likeness (QED) is 0.786. The summed E-state index contributed by atoms with van der Waals surface area (Å²) in [5, 5.41) is 2.91. The summed E-state index contributed by atoms with van der Waals surface area (Å²) in [5.74, 6) is -0.194. The van der Waals surface area contributed by atoms with Crippen molar-refractivity contribution in [1.29, 1.82) is 0 Å². The molecule has 5 heteroatoms. The van der Waals surface area contributed by atoms with Gasteiger partial charge in [-0.05, 0) is 39.3 Å². The third-order valence-corrected chi connectivity index (χ3v) is 3.85. The molecule has 1 amide bonds. The SMILES string of the molecule is CC(C)OCCNC(=O)C1CCCN1Cc1ccccc1F. The second-order valence-corrected chi connectivity index (χ2v) is 5.93. The summed E-state index contributed by atoms with van der Waals surface area (Å²) < 4.78 is 19.2. The zero-order valence-corrected chi connectivity index (χ0v) is 13.3. The van der Waals surface area contributed by atoms with Gasteiger partial charge in [-0.3, -0.25) is 9.69 Å². The van der Waals surface area contributed by atoms with Gasteiger partial charge in [-0.25, -0.2) is 4.39 Å². The monoisotopic (exact) mass is 308 g/mol. The first kappa shape index (κ1) is 16.9. The number of nitrogens with zero attached hydrogens (tertiary/aromatic N) is 1. The molecule has 0 aliphatic carbocycles. The number of hydrogen-bond acceptors (Lipinski definition) is 3. The van der Waals surface area contributed by atoms with E-state index in [2.05, 4.69) is 10.2 Å². The molecule has 0 radical (unpaired) electrons. The van der Waals surface area contributed by atoms with Crippen LogP contribution in [0.5, 0.6) is 0 Å². The molecule has 0 spiro atoms. The Morgan fingerprint density at radius 1 is 1.45 bits per heavy atom. The van der Waals surface area contributed by atoms with Crippen molar-refractivity contribution >= 4 is 5.91 Å². The molecule has 0 aromatic heterocycles. The first-order chi connectivity index (χ1) is 10.6. The minimum atomic E-state index is -0.209. The number of benzene rings is 1. The van der Waals surface area contributed by atoms with Gasteiger partial charge in [-0.1, -0.05) is 18.2 Å². The highest BCUT2D eigenvalue weighted by Crippen LogP contribution is 2.21. The predicted octanol–water partition coefficient (Wildman–Crippen LogP) is 2.33. The summed E-state index contributed by atoms with van der Waals surface area (Å²) in [6.45, 7) is 6.27. The molecule has 1 heterocycles. The van der Waals surface area contributed by atoms with Crippen LogP contribution in [-0.2, 0) is 16.1 Å². The number of carbonyl (C=O) groups excluding carboxylic acids is 1. The lowest BCUT2D eigenvalue weighted by Crippen LogP contribution is -2.44. The number of carbonyl (C=O) groups is 1. The molecule has 22 heavy (non-hydrogen) atoms. The molecule has 1 unspecified atom stereocenters. The van der Waals surface area contributed by atoms with Gasteiger partial charge >= 0.3 is 0 Å². The molecule has 4 nitrogen and oxygen atoms in total. The molecule has 1 aliphatic heterocycles. The molecule has 1 saturated heterocycles. The Hall–Kier alpha value is -1.46. The second kappa shape index (κ2) is 8.25. The van der Waals surface area contributed by atoms with E-state index in [0.29, 0.717) is 25.3 Å². The van der Waals surface area contributed by atoms with E-state index in [1.165, 1.54) is 6.07 Å². The highest BCUT2D eigenvalue weighted by atomic mass is 19.1. The first-order valence-corrected chi connectivity index (χ1v) is 7.94. The Bertz CT molecular complexity index is 493. The fraction of sp³-hybridized carbons (Fsp3) is 0.588. The van der Waals surface area contributed by atoms with Crippen molar-refractivity contribution in [3.8, 4) is 0 Å². The molecular formula is C17H25FN2O2. The van der Waals surface area contributed by atoms with Gasteiger partial charge in [-0.15, -0.1) is 0 Å². The van der Waals surface area contributed by atoms with E-state index < -0.39 is 0 Å². The van der Waals surface area contributed by atoms with Crippen LogP contribution in [0.2, 0.25) is 0 Å². The first-order valence-electron chi connectivity index (χ1n) is 7.94. The number of amides is 1. The van der Waals surface area contributed by atoms with Gasteiger partial charge in [-0.2, -0.15) is 0 Å². The van der Waals surface area contributed by atoms with Crippen LogP contribution in [0.25, 0.3) is 0 Å². The maximum absolute atomic E-state index is 13.8. The van der Waals surface area contributed by atoms with Crippen molar-refractivity contribution < 1.29 is 13.9 Å². The normalized spacial score (nSPS) is 18.8. The Labute approximate surface area is 131 Å². The number of halogens is 1. The van der Waals surface area contributed by atoms with E-state index in [4.69, 9.17) is 4.74 Å². The van der Waals surface area contributed by atoms with Gasteiger partial charge in [0, 0.05) is 18.7 Å². The Kier molecular flexibility index (Phi) is 6.34. The van der Waals surface area contributed by atoms with Gasteiger partial charge < -0.3 is 10.1 Å². The molecule has 1 aromatic carbocycles. The summed E-state index contributed by atoms with van der Waals surface area (Å²) >= 11 is 0. The number of ether oxygens (including phenoxy) is 1. The zero-order chi connectivity index (χ0) is 15.9. The minimum Gasteiger partial charge on any atom is -0.377 e. The van der Waals surface area contributed by atoms with Crippen LogP contribution in [0.15, 0.2) is 24.3 Å². The third kappa shape index (κ3) is 4.78. The average molecular weight is 308 g/mol. The van der Waals surface area contributed by atoms with Gasteiger partial charge in [0.05, 0.1) is 18.8 Å². The molecule has 0 saturated carbocycles. The van der Waals surface area contributed by atoms with Gasteiger partial charge in [0.1, 0.15) is 5.82 Å². The lowest BCUT2D eigenvalue weighted by molar-refractivity contribution is -0.126. The van der Waals surface area contributed by atoms with Crippen LogP contribution in [0.3, 0.4) is 0 Å². The number of rotatable bonds is 7. The minimum absolute atomic E-state index is 0.0150. The number of nitrogens with one attached hydrogen (secondary N) is 1. The van der Waals surface area contributed by atoms with Crippen molar-refractivity contribution in [1.82, 2.24) is 10.2 Å². The van der Waals surface area contributed by atoms with Crippen molar-refractivity contribution in [2.24, 2.45) is 0 Å². The van der Waals surface area contributed by atoms with E-state index in [1.807, 2.05) is 19.9 Å². The Balaban J connectivity index is 1.85. The van der Waals surface area contributed by atoms with Crippen molar-refractivity contribution in [3.63, 3.8) is 0 Å². The summed E-state index contributed by atoms with van der Waals surface area (Å²) in [6.07, 6.45) is 1.96. The van der Waals surface area contributed by atoms with E-state index in [-0.39, 0.29) is 23.9 Å². The molecule has 0 bridgehead atoms. The number of hydrogen-bond donors (Lipinski definition) is 1.